The predicted molar refractivity (Wildman–Crippen MR) is 144 cm³/mol. The monoisotopic (exact) mass is 485 g/mol. The Hall–Kier alpha value is -3.80. The van der Waals surface area contributed by atoms with Crippen molar-refractivity contribution in [3.63, 3.8) is 0 Å². The van der Waals surface area contributed by atoms with E-state index < -0.39 is 0 Å². The highest BCUT2D eigenvalue weighted by molar-refractivity contribution is 5.94. The van der Waals surface area contributed by atoms with E-state index in [2.05, 4.69) is 60.1 Å². The molecule has 0 fully saturated rings. The Bertz CT molecular complexity index is 1270. The first-order valence-corrected chi connectivity index (χ1v) is 12.6. The number of aromatic nitrogens is 2. The van der Waals surface area contributed by atoms with Gasteiger partial charge >= 0.3 is 0 Å². The van der Waals surface area contributed by atoms with E-state index in [-0.39, 0.29) is 5.91 Å². The van der Waals surface area contributed by atoms with Crippen molar-refractivity contribution in [2.45, 2.75) is 46.1 Å². The van der Waals surface area contributed by atoms with E-state index >= 15 is 0 Å². The number of hydrogen-bond acceptors (Lipinski definition) is 4. The van der Waals surface area contributed by atoms with Crippen molar-refractivity contribution in [1.82, 2.24) is 14.9 Å². The van der Waals surface area contributed by atoms with Crippen LogP contribution in [0.4, 0.5) is 0 Å². The summed E-state index contributed by atoms with van der Waals surface area (Å²) in [5, 5.41) is 3.00. The summed E-state index contributed by atoms with van der Waals surface area (Å²) in [6.07, 6.45) is 3.85. The van der Waals surface area contributed by atoms with Gasteiger partial charge in [-0.3, -0.25) is 4.79 Å². The lowest BCUT2D eigenvalue weighted by Crippen LogP contribution is -2.24. The number of imidazole rings is 1. The number of unbranched alkanes of at least 4 members (excludes halogenated alkanes) is 2. The van der Waals surface area contributed by atoms with Crippen LogP contribution in [0.3, 0.4) is 0 Å². The van der Waals surface area contributed by atoms with Crippen LogP contribution >= 0.6 is 0 Å². The molecule has 1 heterocycles. The van der Waals surface area contributed by atoms with Crippen LogP contribution in [0.1, 0.15) is 46.6 Å². The van der Waals surface area contributed by atoms with E-state index in [1.54, 1.807) is 31.4 Å². The van der Waals surface area contributed by atoms with Gasteiger partial charge in [-0.1, -0.05) is 36.8 Å². The van der Waals surface area contributed by atoms with Gasteiger partial charge < -0.3 is 19.4 Å². The summed E-state index contributed by atoms with van der Waals surface area (Å²) in [5.74, 6) is 2.75. The molecule has 1 N–H and O–H groups in total. The number of nitrogens with one attached hydrogen (secondary N) is 1. The molecule has 3 aromatic carbocycles. The fraction of sp³-hybridized carbons (Fsp3) is 0.333. The number of methoxy groups -OCH3 is 1. The molecule has 0 bridgehead atoms. The van der Waals surface area contributed by atoms with Gasteiger partial charge in [-0.05, 0) is 74.2 Å². The van der Waals surface area contributed by atoms with Crippen LogP contribution in [0.5, 0.6) is 11.5 Å². The Morgan fingerprint density at radius 2 is 1.67 bits per heavy atom. The fourth-order valence-corrected chi connectivity index (χ4v) is 4.46. The maximum absolute atomic E-state index is 12.3. The lowest BCUT2D eigenvalue weighted by Gasteiger charge is -2.14. The molecular weight excluding hydrogens is 450 g/mol. The lowest BCUT2D eigenvalue weighted by molar-refractivity contribution is 0.0953. The third kappa shape index (κ3) is 6.25. The van der Waals surface area contributed by atoms with Crippen molar-refractivity contribution in [2.24, 2.45) is 0 Å². The molecule has 4 rings (SSSR count). The number of carbonyl (C=O) groups excluding carboxylic acids is 1. The molecule has 0 radical (unpaired) electrons. The van der Waals surface area contributed by atoms with E-state index in [9.17, 15) is 4.79 Å². The number of para-hydroxylation sites is 3. The zero-order valence-corrected chi connectivity index (χ0v) is 21.4. The van der Waals surface area contributed by atoms with E-state index in [1.807, 2.05) is 6.07 Å². The minimum atomic E-state index is -0.0525. The molecule has 1 aromatic heterocycles. The number of nitrogens with zero attached hydrogens (tertiary/aromatic N) is 2. The van der Waals surface area contributed by atoms with Crippen LogP contribution in [0.25, 0.3) is 11.0 Å². The van der Waals surface area contributed by atoms with Gasteiger partial charge in [-0.25, -0.2) is 4.98 Å². The minimum absolute atomic E-state index is 0.0525. The summed E-state index contributed by atoms with van der Waals surface area (Å²) in [6, 6.07) is 21.7. The van der Waals surface area contributed by atoms with Crippen LogP contribution in [-0.4, -0.2) is 35.7 Å². The van der Waals surface area contributed by atoms with Crippen LogP contribution in [0.2, 0.25) is 0 Å². The van der Waals surface area contributed by atoms with Gasteiger partial charge in [-0.15, -0.1) is 0 Å². The maximum atomic E-state index is 12.3. The molecule has 0 spiro atoms. The number of carbonyl (C=O) groups is 1. The topological polar surface area (TPSA) is 65.4 Å². The van der Waals surface area contributed by atoms with Crippen LogP contribution in [0.15, 0.2) is 66.7 Å². The van der Waals surface area contributed by atoms with Gasteiger partial charge in [0.15, 0.2) is 0 Å². The number of fused-ring (bicyclic) bond motifs is 1. The van der Waals surface area contributed by atoms with E-state index in [4.69, 9.17) is 14.5 Å². The van der Waals surface area contributed by atoms with Crippen molar-refractivity contribution in [3.05, 3.63) is 89.2 Å². The second kappa shape index (κ2) is 12.2. The van der Waals surface area contributed by atoms with Crippen molar-refractivity contribution in [2.75, 3.05) is 20.3 Å². The molecule has 0 saturated heterocycles. The molecule has 0 aliphatic rings. The van der Waals surface area contributed by atoms with Gasteiger partial charge in [0, 0.05) is 18.5 Å². The predicted octanol–water partition coefficient (Wildman–Crippen LogP) is 5.88. The summed E-state index contributed by atoms with van der Waals surface area (Å²) < 4.78 is 13.6. The second-order valence-corrected chi connectivity index (χ2v) is 9.03. The fourth-order valence-electron chi connectivity index (χ4n) is 4.46. The average Bonchev–Trinajstić information content (AvgIpc) is 3.25. The van der Waals surface area contributed by atoms with Crippen LogP contribution in [-0.2, 0) is 13.0 Å². The van der Waals surface area contributed by atoms with Gasteiger partial charge in [0.05, 0.1) is 24.7 Å². The van der Waals surface area contributed by atoms with Crippen molar-refractivity contribution >= 4 is 16.9 Å². The molecule has 36 heavy (non-hydrogen) atoms. The first-order valence-electron chi connectivity index (χ1n) is 12.6. The second-order valence-electron chi connectivity index (χ2n) is 9.03. The Morgan fingerprint density at radius 3 is 2.42 bits per heavy atom. The van der Waals surface area contributed by atoms with Gasteiger partial charge in [0.1, 0.15) is 23.9 Å². The number of rotatable bonds is 12. The number of hydrogen-bond donors (Lipinski definition) is 1. The quantitative estimate of drug-likeness (QED) is 0.254. The summed E-state index contributed by atoms with van der Waals surface area (Å²) in [7, 11) is 1.62. The van der Waals surface area contributed by atoms with Crippen molar-refractivity contribution < 1.29 is 14.3 Å². The van der Waals surface area contributed by atoms with Gasteiger partial charge in [0.25, 0.3) is 5.91 Å². The standard InChI is InChI=1S/C30H35N3O3/c1-22-10-9-11-23(2)29(22)36-21-20-33-27-13-7-6-12-26(27)32-28(33)14-5-4-8-19-31-30(34)24-15-17-25(35-3)18-16-24/h6-7,9-13,15-18H,4-5,8,14,19-21H2,1-3H3,(H,31,34). The zero-order valence-electron chi connectivity index (χ0n) is 21.4. The van der Waals surface area contributed by atoms with E-state index in [0.717, 1.165) is 71.7 Å². The number of ether oxygens (including phenoxy) is 2. The van der Waals surface area contributed by atoms with Gasteiger partial charge in [0.2, 0.25) is 0 Å². The number of benzene rings is 3. The lowest BCUT2D eigenvalue weighted by atomic mass is 10.1. The maximum Gasteiger partial charge on any atom is 0.251 e. The summed E-state index contributed by atoms with van der Waals surface area (Å²) in [4.78, 5) is 17.2. The van der Waals surface area contributed by atoms with Crippen LogP contribution in [0, 0.1) is 13.8 Å². The molecule has 0 aliphatic carbocycles. The Labute approximate surface area is 213 Å². The van der Waals surface area contributed by atoms with Crippen LogP contribution < -0.4 is 14.8 Å². The van der Waals surface area contributed by atoms with Gasteiger partial charge in [-0.2, -0.15) is 0 Å². The number of amides is 1. The third-order valence-corrected chi connectivity index (χ3v) is 6.42. The number of aryl methyl sites for hydroxylation is 3. The largest absolute Gasteiger partial charge is 0.497 e. The zero-order chi connectivity index (χ0) is 25.3. The first kappa shape index (κ1) is 25.3. The summed E-state index contributed by atoms with van der Waals surface area (Å²) in [5.41, 5.74) is 5.12. The average molecular weight is 486 g/mol. The highest BCUT2D eigenvalue weighted by atomic mass is 16.5. The molecule has 0 unspecified atom stereocenters. The van der Waals surface area contributed by atoms with Crippen molar-refractivity contribution in [3.8, 4) is 11.5 Å². The molecule has 0 atom stereocenters. The molecule has 188 valence electrons. The Morgan fingerprint density at radius 1 is 0.917 bits per heavy atom. The first-order chi connectivity index (χ1) is 17.6. The molecule has 6 heteroatoms. The van der Waals surface area contributed by atoms with E-state index in [1.165, 1.54) is 0 Å². The minimum Gasteiger partial charge on any atom is -0.497 e. The molecule has 6 nitrogen and oxygen atoms in total. The highest BCUT2D eigenvalue weighted by Gasteiger charge is 2.11. The Balaban J connectivity index is 1.27. The molecule has 4 aromatic rings. The third-order valence-electron chi connectivity index (χ3n) is 6.42. The SMILES string of the molecule is COc1ccc(C(=O)NCCCCCc2nc3ccccc3n2CCOc2c(C)cccc2C)cc1. The molecule has 1 amide bonds. The van der Waals surface area contributed by atoms with Crippen molar-refractivity contribution in [1.29, 1.82) is 0 Å². The summed E-state index contributed by atoms with van der Waals surface area (Å²) in [6.45, 7) is 6.17. The normalized spacial score (nSPS) is 11.0. The molecular formula is C30H35N3O3. The summed E-state index contributed by atoms with van der Waals surface area (Å²) >= 11 is 0. The Kier molecular flexibility index (Phi) is 8.61. The smallest absolute Gasteiger partial charge is 0.251 e. The van der Waals surface area contributed by atoms with E-state index in [0.29, 0.717) is 18.7 Å². The highest BCUT2D eigenvalue weighted by Crippen LogP contribution is 2.23. The molecule has 0 aliphatic heterocycles. The molecule has 0 saturated carbocycles.